The molecule has 3 rings (SSSR count). The number of benzene rings is 2. The van der Waals surface area contributed by atoms with Crippen LogP contribution in [0.2, 0.25) is 0 Å². The van der Waals surface area contributed by atoms with Gasteiger partial charge in [-0.1, -0.05) is 33.3 Å². The predicted octanol–water partition coefficient (Wildman–Crippen LogP) is 4.94. The van der Waals surface area contributed by atoms with E-state index in [-0.39, 0.29) is 5.91 Å². The summed E-state index contributed by atoms with van der Waals surface area (Å²) in [7, 11) is 1.55. The molecule has 1 amide bonds. The first-order chi connectivity index (χ1) is 11.0. The lowest BCUT2D eigenvalue weighted by atomic mass is 10.1. The maximum absolute atomic E-state index is 12.5. The van der Waals surface area contributed by atoms with E-state index in [9.17, 15) is 4.79 Å². The molecule has 6 heteroatoms. The first-order valence-electron chi connectivity index (χ1n) is 7.00. The Morgan fingerprint density at radius 2 is 2.04 bits per heavy atom. The average molecular weight is 391 g/mol. The van der Waals surface area contributed by atoms with Crippen molar-refractivity contribution in [2.24, 2.45) is 0 Å². The molecule has 0 saturated heterocycles. The number of hydrogen-bond donors (Lipinski definition) is 1. The van der Waals surface area contributed by atoms with E-state index in [2.05, 4.69) is 45.3 Å². The lowest BCUT2D eigenvalue weighted by molar-refractivity contribution is 0.102. The summed E-state index contributed by atoms with van der Waals surface area (Å²) >= 11 is 4.85. The second kappa shape index (κ2) is 6.29. The summed E-state index contributed by atoms with van der Waals surface area (Å²) in [4.78, 5) is 17.1. The van der Waals surface area contributed by atoms with Crippen molar-refractivity contribution < 1.29 is 9.53 Å². The Bertz CT molecular complexity index is 905. The number of carbonyl (C=O) groups excluding carboxylic acids is 1. The van der Waals surface area contributed by atoms with E-state index < -0.39 is 0 Å². The van der Waals surface area contributed by atoms with E-state index in [0.29, 0.717) is 16.4 Å². The number of methoxy groups -OCH3 is 1. The van der Waals surface area contributed by atoms with Gasteiger partial charge in [0.1, 0.15) is 5.75 Å². The number of hydrogen-bond acceptors (Lipinski definition) is 4. The molecule has 0 spiro atoms. The Morgan fingerprint density at radius 1 is 1.26 bits per heavy atom. The van der Waals surface area contributed by atoms with E-state index >= 15 is 0 Å². The summed E-state index contributed by atoms with van der Waals surface area (Å²) in [5, 5.41) is 3.45. The van der Waals surface area contributed by atoms with E-state index in [0.717, 1.165) is 20.3 Å². The van der Waals surface area contributed by atoms with Crippen LogP contribution in [-0.2, 0) is 0 Å². The van der Waals surface area contributed by atoms with Crippen LogP contribution < -0.4 is 10.1 Å². The lowest BCUT2D eigenvalue weighted by Crippen LogP contribution is -2.13. The third kappa shape index (κ3) is 3.23. The van der Waals surface area contributed by atoms with Gasteiger partial charge in [0, 0.05) is 4.47 Å². The number of carbonyl (C=O) groups is 1. The third-order valence-corrected chi connectivity index (χ3v) is 4.87. The van der Waals surface area contributed by atoms with Gasteiger partial charge in [-0.15, -0.1) is 0 Å². The van der Waals surface area contributed by atoms with Crippen LogP contribution in [0.1, 0.15) is 21.5 Å². The average Bonchev–Trinajstić information content (AvgIpc) is 2.89. The van der Waals surface area contributed by atoms with Gasteiger partial charge in [0.15, 0.2) is 5.13 Å². The van der Waals surface area contributed by atoms with Crippen LogP contribution in [0.15, 0.2) is 34.8 Å². The number of amides is 1. The normalized spacial score (nSPS) is 10.8. The Morgan fingerprint density at radius 3 is 2.78 bits per heavy atom. The Balaban J connectivity index is 1.94. The smallest absolute Gasteiger partial charge is 0.261 e. The molecule has 23 heavy (non-hydrogen) atoms. The number of rotatable bonds is 3. The minimum atomic E-state index is -0.239. The standard InChI is InChI=1S/C17H15BrN2O2S/c1-9-6-10(2)15-14(7-9)23-17(19-15)20-16(21)12-8-11(18)4-5-13(12)22-3/h4-8H,1-3H3,(H,19,20,21). The summed E-state index contributed by atoms with van der Waals surface area (Å²) in [6, 6.07) is 9.49. The molecule has 1 aromatic heterocycles. The van der Waals surface area contributed by atoms with Crippen molar-refractivity contribution in [2.75, 3.05) is 12.4 Å². The first kappa shape index (κ1) is 16.0. The summed E-state index contributed by atoms with van der Waals surface area (Å²) in [6.45, 7) is 4.08. The van der Waals surface area contributed by atoms with Gasteiger partial charge in [-0.2, -0.15) is 0 Å². The number of nitrogens with zero attached hydrogens (tertiary/aromatic N) is 1. The van der Waals surface area contributed by atoms with Crippen molar-refractivity contribution in [1.82, 2.24) is 4.98 Å². The highest BCUT2D eigenvalue weighted by molar-refractivity contribution is 9.10. The van der Waals surface area contributed by atoms with Gasteiger partial charge < -0.3 is 4.74 Å². The van der Waals surface area contributed by atoms with Crippen LogP contribution in [0.5, 0.6) is 5.75 Å². The van der Waals surface area contributed by atoms with Crippen molar-refractivity contribution in [1.29, 1.82) is 0 Å². The van der Waals surface area contributed by atoms with Crippen molar-refractivity contribution in [3.8, 4) is 5.75 Å². The molecule has 0 fully saturated rings. The molecule has 4 nitrogen and oxygen atoms in total. The fourth-order valence-electron chi connectivity index (χ4n) is 2.45. The fourth-order valence-corrected chi connectivity index (χ4v) is 3.84. The van der Waals surface area contributed by atoms with E-state index in [1.54, 1.807) is 19.2 Å². The first-order valence-corrected chi connectivity index (χ1v) is 8.61. The zero-order valence-corrected chi connectivity index (χ0v) is 15.3. The second-order valence-corrected chi connectivity index (χ2v) is 7.19. The Kier molecular flexibility index (Phi) is 4.37. The van der Waals surface area contributed by atoms with Crippen LogP contribution in [0.25, 0.3) is 10.2 Å². The van der Waals surface area contributed by atoms with Gasteiger partial charge in [-0.3, -0.25) is 10.1 Å². The molecule has 0 aliphatic rings. The third-order valence-electron chi connectivity index (χ3n) is 3.46. The highest BCUT2D eigenvalue weighted by Gasteiger charge is 2.15. The summed E-state index contributed by atoms with van der Waals surface area (Å²) < 4.78 is 7.14. The molecule has 0 aliphatic heterocycles. The Labute approximate surface area is 146 Å². The number of fused-ring (bicyclic) bond motifs is 1. The van der Waals surface area contributed by atoms with Gasteiger partial charge in [-0.25, -0.2) is 4.98 Å². The largest absolute Gasteiger partial charge is 0.496 e. The van der Waals surface area contributed by atoms with E-state index in [1.807, 2.05) is 13.0 Å². The molecular formula is C17H15BrN2O2S. The van der Waals surface area contributed by atoms with E-state index in [1.165, 1.54) is 16.9 Å². The van der Waals surface area contributed by atoms with Gasteiger partial charge in [0.25, 0.3) is 5.91 Å². The van der Waals surface area contributed by atoms with Crippen LogP contribution in [-0.4, -0.2) is 18.0 Å². The van der Waals surface area contributed by atoms with Crippen LogP contribution in [0, 0.1) is 13.8 Å². The predicted molar refractivity (Wildman–Crippen MR) is 97.7 cm³/mol. The number of halogens is 1. The molecule has 118 valence electrons. The van der Waals surface area contributed by atoms with Crippen molar-refractivity contribution in [2.45, 2.75) is 13.8 Å². The van der Waals surface area contributed by atoms with Gasteiger partial charge >= 0.3 is 0 Å². The van der Waals surface area contributed by atoms with Crippen molar-refractivity contribution >= 4 is 48.5 Å². The highest BCUT2D eigenvalue weighted by atomic mass is 79.9. The summed E-state index contributed by atoms with van der Waals surface area (Å²) in [5.41, 5.74) is 3.69. The number of aromatic nitrogens is 1. The molecule has 1 N–H and O–H groups in total. The fraction of sp³-hybridized carbons (Fsp3) is 0.176. The molecule has 0 unspecified atom stereocenters. The molecule has 0 atom stereocenters. The number of anilines is 1. The molecule has 0 saturated carbocycles. The van der Waals surface area contributed by atoms with Crippen LogP contribution in [0.4, 0.5) is 5.13 Å². The second-order valence-electron chi connectivity index (χ2n) is 5.25. The van der Waals surface area contributed by atoms with Crippen LogP contribution >= 0.6 is 27.3 Å². The van der Waals surface area contributed by atoms with Gasteiger partial charge in [0.05, 0.1) is 22.9 Å². The SMILES string of the molecule is COc1ccc(Br)cc1C(=O)Nc1nc2c(C)cc(C)cc2s1. The lowest BCUT2D eigenvalue weighted by Gasteiger charge is -2.08. The molecule has 1 heterocycles. The number of aryl methyl sites for hydroxylation is 2. The minimum Gasteiger partial charge on any atom is -0.496 e. The summed E-state index contributed by atoms with van der Waals surface area (Å²) in [6.07, 6.45) is 0. The maximum atomic E-state index is 12.5. The monoisotopic (exact) mass is 390 g/mol. The molecular weight excluding hydrogens is 376 g/mol. The molecule has 0 bridgehead atoms. The van der Waals surface area contributed by atoms with E-state index in [4.69, 9.17) is 4.74 Å². The molecule has 2 aromatic carbocycles. The van der Waals surface area contributed by atoms with Gasteiger partial charge in [-0.05, 0) is 49.2 Å². The minimum absolute atomic E-state index is 0.239. The highest BCUT2D eigenvalue weighted by Crippen LogP contribution is 2.30. The van der Waals surface area contributed by atoms with Crippen LogP contribution in [0.3, 0.4) is 0 Å². The zero-order chi connectivity index (χ0) is 16.6. The molecule has 0 aliphatic carbocycles. The summed E-state index contributed by atoms with van der Waals surface area (Å²) in [5.74, 6) is 0.287. The Hall–Kier alpha value is -1.92. The van der Waals surface area contributed by atoms with Gasteiger partial charge in [0.2, 0.25) is 0 Å². The quantitative estimate of drug-likeness (QED) is 0.688. The number of thiazole rings is 1. The zero-order valence-electron chi connectivity index (χ0n) is 12.9. The van der Waals surface area contributed by atoms with Crippen molar-refractivity contribution in [3.05, 3.63) is 51.5 Å². The molecule has 3 aromatic rings. The van der Waals surface area contributed by atoms with Crippen molar-refractivity contribution in [3.63, 3.8) is 0 Å². The maximum Gasteiger partial charge on any atom is 0.261 e. The molecule has 0 radical (unpaired) electrons. The number of ether oxygens (including phenoxy) is 1. The number of nitrogens with one attached hydrogen (secondary N) is 1. The topological polar surface area (TPSA) is 51.2 Å².